The number of alkyl halides is 3. The number of esters is 1. The maximum absolute atomic E-state index is 13.8. The molecule has 0 aliphatic carbocycles. The van der Waals surface area contributed by atoms with Gasteiger partial charge in [0.2, 0.25) is 5.91 Å². The van der Waals surface area contributed by atoms with E-state index in [1.54, 1.807) is 36.4 Å². The minimum atomic E-state index is -4.69. The lowest BCUT2D eigenvalue weighted by Crippen LogP contribution is -2.42. The highest BCUT2D eigenvalue weighted by Gasteiger charge is 2.40. The van der Waals surface area contributed by atoms with Crippen molar-refractivity contribution in [2.45, 2.75) is 19.0 Å². The number of halogens is 3. The van der Waals surface area contributed by atoms with Crippen molar-refractivity contribution in [2.75, 3.05) is 30.4 Å². The fourth-order valence-electron chi connectivity index (χ4n) is 3.90. The second-order valence-electron chi connectivity index (χ2n) is 7.69. The largest absolute Gasteiger partial charge is 0.465 e. The molecule has 1 atom stereocenters. The minimum Gasteiger partial charge on any atom is -0.465 e. The third kappa shape index (κ3) is 4.74. The van der Waals surface area contributed by atoms with Gasteiger partial charge in [0.1, 0.15) is 0 Å². The van der Waals surface area contributed by atoms with Gasteiger partial charge in [-0.25, -0.2) is 14.8 Å². The van der Waals surface area contributed by atoms with E-state index in [4.69, 9.17) is 4.74 Å². The molecule has 3 aromatic rings. The molecule has 1 aliphatic heterocycles. The van der Waals surface area contributed by atoms with Crippen LogP contribution in [0.2, 0.25) is 0 Å². The van der Waals surface area contributed by atoms with Crippen molar-refractivity contribution in [1.29, 1.82) is 0 Å². The summed E-state index contributed by atoms with van der Waals surface area (Å²) in [7, 11) is 1.24. The highest BCUT2D eigenvalue weighted by Crippen LogP contribution is 2.37. The Morgan fingerprint density at radius 3 is 2.42 bits per heavy atom. The summed E-state index contributed by atoms with van der Waals surface area (Å²) in [5.74, 6) is -1.87. The second-order valence-corrected chi connectivity index (χ2v) is 7.69. The van der Waals surface area contributed by atoms with E-state index in [2.05, 4.69) is 15.3 Å². The van der Waals surface area contributed by atoms with Crippen molar-refractivity contribution in [1.82, 2.24) is 9.97 Å². The summed E-state index contributed by atoms with van der Waals surface area (Å²) < 4.78 is 46.1. The highest BCUT2D eigenvalue weighted by molar-refractivity contribution is 6.02. The van der Waals surface area contributed by atoms with Gasteiger partial charge < -0.3 is 15.0 Å². The Balaban J connectivity index is 1.60. The molecule has 0 spiro atoms. The summed E-state index contributed by atoms with van der Waals surface area (Å²) in [6.45, 7) is 0.362. The van der Waals surface area contributed by atoms with Crippen molar-refractivity contribution in [3.05, 3.63) is 59.8 Å². The number of carbonyl (C=O) groups is 2. The Morgan fingerprint density at radius 2 is 1.73 bits per heavy atom. The molecule has 1 saturated heterocycles. The average Bonchev–Trinajstić information content (AvgIpc) is 2.82. The smallest absolute Gasteiger partial charge is 0.437 e. The molecule has 2 heterocycles. The fourth-order valence-corrected chi connectivity index (χ4v) is 3.90. The SMILES string of the molecule is COC(=O)c1ccccc1NC(=O)[C@H]1CCCN(c2nc3ccccc3nc2C(F)(F)F)C1. The molecule has 1 fully saturated rings. The summed E-state index contributed by atoms with van der Waals surface area (Å²) >= 11 is 0. The van der Waals surface area contributed by atoms with Crippen LogP contribution in [0.5, 0.6) is 0 Å². The zero-order chi connectivity index (χ0) is 23.6. The lowest BCUT2D eigenvalue weighted by atomic mass is 9.96. The number of ether oxygens (including phenoxy) is 1. The van der Waals surface area contributed by atoms with Gasteiger partial charge in [0.25, 0.3) is 0 Å². The lowest BCUT2D eigenvalue weighted by Gasteiger charge is -2.34. The lowest BCUT2D eigenvalue weighted by molar-refractivity contribution is -0.140. The number of carbonyl (C=O) groups excluding carboxylic acids is 2. The van der Waals surface area contributed by atoms with Crippen molar-refractivity contribution in [2.24, 2.45) is 5.92 Å². The van der Waals surface area contributed by atoms with Gasteiger partial charge >= 0.3 is 12.1 Å². The molecular weight excluding hydrogens is 437 g/mol. The molecule has 1 aliphatic rings. The first-order chi connectivity index (χ1) is 15.8. The molecule has 0 bridgehead atoms. The summed E-state index contributed by atoms with van der Waals surface area (Å²) in [6.07, 6.45) is -3.70. The number of benzene rings is 2. The van der Waals surface area contributed by atoms with E-state index < -0.39 is 29.7 Å². The molecule has 0 radical (unpaired) electrons. The number of methoxy groups -OCH3 is 1. The molecule has 1 N–H and O–H groups in total. The molecule has 172 valence electrons. The van der Waals surface area contributed by atoms with E-state index in [0.29, 0.717) is 24.9 Å². The number of hydrogen-bond donors (Lipinski definition) is 1. The first kappa shape index (κ1) is 22.5. The number of hydrogen-bond acceptors (Lipinski definition) is 6. The van der Waals surface area contributed by atoms with Crippen LogP contribution in [-0.2, 0) is 15.7 Å². The maximum atomic E-state index is 13.8. The molecule has 2 aromatic carbocycles. The van der Waals surface area contributed by atoms with Crippen LogP contribution in [0, 0.1) is 5.92 Å². The summed E-state index contributed by atoms with van der Waals surface area (Å²) in [4.78, 5) is 34.4. The summed E-state index contributed by atoms with van der Waals surface area (Å²) in [5, 5.41) is 2.72. The number of piperidine rings is 1. The number of nitrogens with one attached hydrogen (secondary N) is 1. The van der Waals surface area contributed by atoms with Gasteiger partial charge in [-0.1, -0.05) is 24.3 Å². The van der Waals surface area contributed by atoms with Crippen LogP contribution in [0.15, 0.2) is 48.5 Å². The topological polar surface area (TPSA) is 84.4 Å². The van der Waals surface area contributed by atoms with Gasteiger partial charge in [-0.15, -0.1) is 0 Å². The fraction of sp³-hybridized carbons (Fsp3) is 0.304. The van der Waals surface area contributed by atoms with Gasteiger partial charge in [-0.3, -0.25) is 4.79 Å². The van der Waals surface area contributed by atoms with Gasteiger partial charge in [0.15, 0.2) is 11.5 Å². The van der Waals surface area contributed by atoms with Crippen LogP contribution < -0.4 is 10.2 Å². The van der Waals surface area contributed by atoms with Gasteiger partial charge in [0, 0.05) is 13.1 Å². The van der Waals surface area contributed by atoms with Gasteiger partial charge in [-0.05, 0) is 37.1 Å². The molecule has 1 aromatic heterocycles. The number of anilines is 2. The maximum Gasteiger partial charge on any atom is 0.437 e. The quantitative estimate of drug-likeness (QED) is 0.588. The normalized spacial score (nSPS) is 16.5. The molecular formula is C23H21F3N4O3. The zero-order valence-electron chi connectivity index (χ0n) is 17.7. The van der Waals surface area contributed by atoms with E-state index in [-0.39, 0.29) is 29.1 Å². The Morgan fingerprint density at radius 1 is 1.06 bits per heavy atom. The number of rotatable bonds is 4. The number of aromatic nitrogens is 2. The van der Waals surface area contributed by atoms with E-state index >= 15 is 0 Å². The average molecular weight is 458 g/mol. The zero-order valence-corrected chi connectivity index (χ0v) is 17.7. The molecule has 0 unspecified atom stereocenters. The van der Waals surface area contributed by atoms with E-state index in [1.807, 2.05) is 0 Å². The Hall–Kier alpha value is -3.69. The highest BCUT2D eigenvalue weighted by atomic mass is 19.4. The minimum absolute atomic E-state index is 0.0440. The van der Waals surface area contributed by atoms with Crippen molar-refractivity contribution < 1.29 is 27.5 Å². The summed E-state index contributed by atoms with van der Waals surface area (Å²) in [5.41, 5.74) is -0.0922. The molecule has 0 saturated carbocycles. The van der Waals surface area contributed by atoms with E-state index in [0.717, 1.165) is 0 Å². The number of para-hydroxylation sites is 3. The van der Waals surface area contributed by atoms with Crippen molar-refractivity contribution >= 4 is 34.4 Å². The standard InChI is InChI=1S/C23H21F3N4O3/c1-33-22(32)15-8-2-3-9-16(15)29-21(31)14-7-6-12-30(13-14)20-19(23(24,25)26)27-17-10-4-5-11-18(17)28-20/h2-5,8-11,14H,6-7,12-13H2,1H3,(H,29,31)/t14-/m0/s1. The number of amides is 1. The van der Waals surface area contributed by atoms with Crippen LogP contribution in [0.25, 0.3) is 11.0 Å². The number of nitrogens with zero attached hydrogens (tertiary/aromatic N) is 3. The predicted molar refractivity (Wildman–Crippen MR) is 116 cm³/mol. The Bertz CT molecular complexity index is 1200. The van der Waals surface area contributed by atoms with Crippen molar-refractivity contribution in [3.63, 3.8) is 0 Å². The number of fused-ring (bicyclic) bond motifs is 1. The van der Waals surface area contributed by atoms with Crippen LogP contribution in [0.1, 0.15) is 28.9 Å². The molecule has 33 heavy (non-hydrogen) atoms. The Kier molecular flexibility index (Phi) is 6.17. The second kappa shape index (κ2) is 9.05. The molecule has 10 heteroatoms. The monoisotopic (exact) mass is 458 g/mol. The van der Waals surface area contributed by atoms with Crippen LogP contribution >= 0.6 is 0 Å². The van der Waals surface area contributed by atoms with Crippen LogP contribution in [0.4, 0.5) is 24.7 Å². The van der Waals surface area contributed by atoms with Gasteiger partial charge in [-0.2, -0.15) is 13.2 Å². The van der Waals surface area contributed by atoms with Gasteiger partial charge in [0.05, 0.1) is 35.3 Å². The molecule has 7 nitrogen and oxygen atoms in total. The van der Waals surface area contributed by atoms with Crippen LogP contribution in [0.3, 0.4) is 0 Å². The molecule has 1 amide bonds. The third-order valence-corrected chi connectivity index (χ3v) is 5.50. The Labute approximate surface area is 187 Å². The van der Waals surface area contributed by atoms with Crippen molar-refractivity contribution in [3.8, 4) is 0 Å². The molecule has 4 rings (SSSR count). The third-order valence-electron chi connectivity index (χ3n) is 5.50. The van der Waals surface area contributed by atoms with E-state index in [1.165, 1.54) is 24.1 Å². The van der Waals surface area contributed by atoms with E-state index in [9.17, 15) is 22.8 Å². The predicted octanol–water partition coefficient (Wildman–Crippen LogP) is 4.29. The first-order valence-electron chi connectivity index (χ1n) is 10.3. The summed E-state index contributed by atoms with van der Waals surface area (Å²) in [6, 6.07) is 12.8. The first-order valence-corrected chi connectivity index (χ1v) is 10.3. The van der Waals surface area contributed by atoms with Crippen LogP contribution in [-0.4, -0.2) is 42.0 Å².